The standard InChI is InChI=1S/C17H17N3O4S/c1-20(2)17-19-15(23-4)13(25-17)9-12-16(21)24-14(18-12)10-5-7-11(22-3)8-6-10/h5-9H,1-4H3/b12-9+. The van der Waals surface area contributed by atoms with Gasteiger partial charge in [0.1, 0.15) is 5.75 Å². The molecular weight excluding hydrogens is 342 g/mol. The largest absolute Gasteiger partial charge is 0.497 e. The van der Waals surface area contributed by atoms with Gasteiger partial charge in [-0.15, -0.1) is 0 Å². The van der Waals surface area contributed by atoms with Crippen molar-refractivity contribution in [1.82, 2.24) is 4.98 Å². The third-order valence-corrected chi connectivity index (χ3v) is 4.56. The number of hydrogen-bond donors (Lipinski definition) is 0. The van der Waals surface area contributed by atoms with E-state index in [9.17, 15) is 4.79 Å². The van der Waals surface area contributed by atoms with Crippen molar-refractivity contribution in [2.75, 3.05) is 33.2 Å². The van der Waals surface area contributed by atoms with Gasteiger partial charge in [-0.2, -0.15) is 4.98 Å². The molecule has 0 amide bonds. The summed E-state index contributed by atoms with van der Waals surface area (Å²) in [4.78, 5) is 23.4. The number of nitrogens with zero attached hydrogens (tertiary/aromatic N) is 3. The number of aliphatic imine (C=N–C) groups is 1. The Morgan fingerprint density at radius 2 is 1.88 bits per heavy atom. The second-order valence-electron chi connectivity index (χ2n) is 5.33. The molecule has 0 fully saturated rings. The predicted molar refractivity (Wildman–Crippen MR) is 96.6 cm³/mol. The average molecular weight is 359 g/mol. The van der Waals surface area contributed by atoms with Gasteiger partial charge in [-0.05, 0) is 30.3 Å². The van der Waals surface area contributed by atoms with Crippen LogP contribution in [0.25, 0.3) is 6.08 Å². The highest BCUT2D eigenvalue weighted by atomic mass is 32.1. The van der Waals surface area contributed by atoms with Crippen molar-refractivity contribution in [2.45, 2.75) is 0 Å². The smallest absolute Gasteiger partial charge is 0.363 e. The maximum atomic E-state index is 12.1. The highest BCUT2D eigenvalue weighted by Crippen LogP contribution is 2.33. The summed E-state index contributed by atoms with van der Waals surface area (Å²) in [6, 6.07) is 7.13. The summed E-state index contributed by atoms with van der Waals surface area (Å²) in [5, 5.41) is 0.773. The maximum Gasteiger partial charge on any atom is 0.363 e. The van der Waals surface area contributed by atoms with Crippen LogP contribution in [0.1, 0.15) is 10.4 Å². The second kappa shape index (κ2) is 6.94. The minimum Gasteiger partial charge on any atom is -0.497 e. The monoisotopic (exact) mass is 359 g/mol. The first kappa shape index (κ1) is 17.0. The number of methoxy groups -OCH3 is 2. The molecule has 0 unspecified atom stereocenters. The number of benzene rings is 1. The minimum absolute atomic E-state index is 0.207. The fourth-order valence-electron chi connectivity index (χ4n) is 2.13. The second-order valence-corrected chi connectivity index (χ2v) is 6.34. The molecule has 1 aliphatic heterocycles. The molecular formula is C17H17N3O4S. The quantitative estimate of drug-likeness (QED) is 0.603. The first-order chi connectivity index (χ1) is 12.0. The molecule has 25 heavy (non-hydrogen) atoms. The average Bonchev–Trinajstić information content (AvgIpc) is 3.19. The van der Waals surface area contributed by atoms with Crippen molar-refractivity contribution in [2.24, 2.45) is 4.99 Å². The highest BCUT2D eigenvalue weighted by molar-refractivity contribution is 7.16. The Hall–Kier alpha value is -2.87. The number of rotatable bonds is 5. The van der Waals surface area contributed by atoms with Gasteiger partial charge in [-0.1, -0.05) is 11.3 Å². The molecule has 0 radical (unpaired) electrons. The van der Waals surface area contributed by atoms with E-state index in [1.807, 2.05) is 19.0 Å². The minimum atomic E-state index is -0.507. The van der Waals surface area contributed by atoms with Crippen LogP contribution in [0.15, 0.2) is 35.0 Å². The number of cyclic esters (lactones) is 1. The highest BCUT2D eigenvalue weighted by Gasteiger charge is 2.25. The lowest BCUT2D eigenvalue weighted by Gasteiger charge is -2.04. The van der Waals surface area contributed by atoms with Gasteiger partial charge in [0, 0.05) is 19.7 Å². The molecule has 130 valence electrons. The van der Waals surface area contributed by atoms with Crippen molar-refractivity contribution in [3.8, 4) is 11.6 Å². The summed E-state index contributed by atoms with van der Waals surface area (Å²) in [5.74, 6) is 0.917. The molecule has 2 heterocycles. The number of hydrogen-bond acceptors (Lipinski definition) is 8. The summed E-state index contributed by atoms with van der Waals surface area (Å²) in [5.41, 5.74) is 0.904. The summed E-state index contributed by atoms with van der Waals surface area (Å²) in [7, 11) is 6.90. The van der Waals surface area contributed by atoms with Crippen molar-refractivity contribution < 1.29 is 19.0 Å². The number of esters is 1. The van der Waals surface area contributed by atoms with Gasteiger partial charge in [0.05, 0.1) is 19.1 Å². The Balaban J connectivity index is 1.92. The molecule has 1 aromatic heterocycles. The topological polar surface area (TPSA) is 73.3 Å². The number of carbonyl (C=O) groups excluding carboxylic acids is 1. The number of aromatic nitrogens is 1. The van der Waals surface area contributed by atoms with Crippen molar-refractivity contribution >= 4 is 34.4 Å². The summed E-state index contributed by atoms with van der Waals surface area (Å²) in [6.07, 6.45) is 1.63. The van der Waals surface area contributed by atoms with E-state index in [4.69, 9.17) is 14.2 Å². The van der Waals surface area contributed by atoms with Gasteiger partial charge < -0.3 is 19.1 Å². The third-order valence-electron chi connectivity index (χ3n) is 3.41. The normalized spacial score (nSPS) is 15.1. The molecule has 3 rings (SSSR count). The van der Waals surface area contributed by atoms with Crippen LogP contribution in [-0.2, 0) is 9.53 Å². The predicted octanol–water partition coefficient (Wildman–Crippen LogP) is 2.57. The molecule has 0 N–H and O–H groups in total. The zero-order chi connectivity index (χ0) is 18.0. The lowest BCUT2D eigenvalue weighted by Crippen LogP contribution is -2.07. The lowest BCUT2D eigenvalue weighted by atomic mass is 10.2. The van der Waals surface area contributed by atoms with Crippen molar-refractivity contribution in [3.05, 3.63) is 40.4 Å². The van der Waals surface area contributed by atoms with Crippen LogP contribution in [0.3, 0.4) is 0 Å². The van der Waals surface area contributed by atoms with Gasteiger partial charge in [0.15, 0.2) is 10.8 Å². The number of carbonyl (C=O) groups is 1. The zero-order valence-corrected chi connectivity index (χ0v) is 15.1. The van der Waals surface area contributed by atoms with Crippen LogP contribution in [0, 0.1) is 0 Å². The SMILES string of the molecule is COc1ccc(C2=N/C(=C/c3sc(N(C)C)nc3OC)C(=O)O2)cc1. The van der Waals surface area contributed by atoms with Gasteiger partial charge in [-0.25, -0.2) is 9.79 Å². The zero-order valence-electron chi connectivity index (χ0n) is 14.3. The van der Waals surface area contributed by atoms with Crippen LogP contribution >= 0.6 is 11.3 Å². The molecule has 0 saturated carbocycles. The van der Waals surface area contributed by atoms with E-state index in [1.165, 1.54) is 18.4 Å². The van der Waals surface area contributed by atoms with E-state index in [0.717, 1.165) is 10.9 Å². The van der Waals surface area contributed by atoms with E-state index in [1.54, 1.807) is 37.5 Å². The Kier molecular flexibility index (Phi) is 4.71. The van der Waals surface area contributed by atoms with Crippen LogP contribution < -0.4 is 14.4 Å². The van der Waals surface area contributed by atoms with E-state index < -0.39 is 5.97 Å². The van der Waals surface area contributed by atoms with Crippen LogP contribution in [0.5, 0.6) is 11.6 Å². The number of thiazole rings is 1. The molecule has 0 spiro atoms. The van der Waals surface area contributed by atoms with Crippen LogP contribution in [0.2, 0.25) is 0 Å². The third kappa shape index (κ3) is 3.48. The summed E-state index contributed by atoms with van der Waals surface area (Å²) >= 11 is 1.40. The van der Waals surface area contributed by atoms with E-state index in [0.29, 0.717) is 16.3 Å². The molecule has 0 aliphatic carbocycles. The molecule has 0 bridgehead atoms. The Labute approximate surface area is 149 Å². The van der Waals surface area contributed by atoms with E-state index in [2.05, 4.69) is 9.98 Å². The summed E-state index contributed by atoms with van der Waals surface area (Å²) < 4.78 is 15.7. The van der Waals surface area contributed by atoms with Crippen LogP contribution in [-0.4, -0.2) is 45.2 Å². The van der Waals surface area contributed by atoms with Gasteiger partial charge in [-0.3, -0.25) is 0 Å². The number of ether oxygens (including phenoxy) is 3. The molecule has 1 aliphatic rings. The Morgan fingerprint density at radius 1 is 1.16 bits per heavy atom. The molecule has 8 heteroatoms. The lowest BCUT2D eigenvalue weighted by molar-refractivity contribution is -0.129. The van der Waals surface area contributed by atoms with Crippen molar-refractivity contribution in [1.29, 1.82) is 0 Å². The first-order valence-electron chi connectivity index (χ1n) is 7.41. The molecule has 1 aromatic carbocycles. The molecule has 0 saturated heterocycles. The fraction of sp³-hybridized carbons (Fsp3) is 0.235. The van der Waals surface area contributed by atoms with Gasteiger partial charge in [0.2, 0.25) is 11.8 Å². The first-order valence-corrected chi connectivity index (χ1v) is 8.22. The fourth-order valence-corrected chi connectivity index (χ4v) is 3.02. The summed E-state index contributed by atoms with van der Waals surface area (Å²) in [6.45, 7) is 0. The Bertz CT molecular complexity index is 853. The maximum absolute atomic E-state index is 12.1. The van der Waals surface area contributed by atoms with E-state index >= 15 is 0 Å². The van der Waals surface area contributed by atoms with Gasteiger partial charge in [0.25, 0.3) is 0 Å². The molecule has 0 atom stereocenters. The Morgan fingerprint density at radius 3 is 2.48 bits per heavy atom. The van der Waals surface area contributed by atoms with Crippen LogP contribution in [0.4, 0.5) is 5.13 Å². The molecule has 7 nitrogen and oxygen atoms in total. The van der Waals surface area contributed by atoms with E-state index in [-0.39, 0.29) is 11.6 Å². The molecule has 2 aromatic rings. The van der Waals surface area contributed by atoms with Gasteiger partial charge >= 0.3 is 5.97 Å². The number of anilines is 1. The van der Waals surface area contributed by atoms with Crippen molar-refractivity contribution in [3.63, 3.8) is 0 Å².